The van der Waals surface area contributed by atoms with Gasteiger partial charge in [0.05, 0.1) is 12.6 Å². The Labute approximate surface area is 109 Å². The number of β-amino-alcohol motifs (C(OH)–C–C–N with tert-alkyl or cyclic N) is 1. The van der Waals surface area contributed by atoms with Gasteiger partial charge in [0.15, 0.2) is 0 Å². The van der Waals surface area contributed by atoms with Crippen molar-refractivity contribution < 1.29 is 5.11 Å². The lowest BCUT2D eigenvalue weighted by molar-refractivity contribution is 0.0389. The van der Waals surface area contributed by atoms with Crippen LogP contribution in [-0.2, 0) is 13.1 Å². The van der Waals surface area contributed by atoms with Crippen LogP contribution in [0.4, 0.5) is 0 Å². The second-order valence-corrected chi connectivity index (χ2v) is 5.74. The van der Waals surface area contributed by atoms with Crippen molar-refractivity contribution in [2.75, 3.05) is 13.1 Å². The van der Waals surface area contributed by atoms with Gasteiger partial charge in [-0.25, -0.2) is 4.98 Å². The number of aliphatic hydroxyl groups excluding tert-OH is 1. The first-order valence-corrected chi connectivity index (χ1v) is 7.23. The third kappa shape index (κ3) is 2.59. The smallest absolute Gasteiger partial charge is 0.122 e. The van der Waals surface area contributed by atoms with E-state index >= 15 is 0 Å². The fraction of sp³-hybridized carbons (Fsp3) is 0.786. The van der Waals surface area contributed by atoms with Gasteiger partial charge >= 0.3 is 0 Å². The number of hydrogen-bond donors (Lipinski definition) is 1. The molecule has 1 saturated carbocycles. The Kier molecular flexibility index (Phi) is 3.66. The summed E-state index contributed by atoms with van der Waals surface area (Å²) in [4.78, 5) is 6.72. The van der Waals surface area contributed by atoms with Crippen LogP contribution < -0.4 is 0 Å². The minimum Gasteiger partial charge on any atom is -0.392 e. The van der Waals surface area contributed by atoms with Crippen molar-refractivity contribution in [2.24, 2.45) is 5.92 Å². The van der Waals surface area contributed by atoms with Crippen molar-refractivity contribution in [3.8, 4) is 0 Å². The van der Waals surface area contributed by atoms with E-state index in [2.05, 4.69) is 14.5 Å². The summed E-state index contributed by atoms with van der Waals surface area (Å²) in [6.07, 6.45) is 10.1. The standard InChI is InChI=1S/C14H23N3O/c18-13(12-4-2-1-3-5-12)10-16-8-9-17-7-6-15-14(17)11-16/h6-7,12-13,18H,1-5,8-11H2. The van der Waals surface area contributed by atoms with Crippen LogP contribution >= 0.6 is 0 Å². The van der Waals surface area contributed by atoms with Gasteiger partial charge < -0.3 is 9.67 Å². The summed E-state index contributed by atoms with van der Waals surface area (Å²) in [5, 5.41) is 10.4. The third-order valence-corrected chi connectivity index (χ3v) is 4.46. The fourth-order valence-corrected chi connectivity index (χ4v) is 3.31. The molecule has 1 aliphatic heterocycles. The van der Waals surface area contributed by atoms with Crippen molar-refractivity contribution in [3.05, 3.63) is 18.2 Å². The molecule has 18 heavy (non-hydrogen) atoms. The van der Waals surface area contributed by atoms with Crippen LogP contribution in [0.15, 0.2) is 12.4 Å². The Morgan fingerprint density at radius 1 is 1.28 bits per heavy atom. The average Bonchev–Trinajstić information content (AvgIpc) is 2.87. The molecule has 1 aromatic rings. The van der Waals surface area contributed by atoms with E-state index in [1.807, 2.05) is 12.4 Å². The first-order valence-electron chi connectivity index (χ1n) is 7.23. The van der Waals surface area contributed by atoms with Gasteiger partial charge in [-0.1, -0.05) is 19.3 Å². The fourth-order valence-electron chi connectivity index (χ4n) is 3.31. The minimum absolute atomic E-state index is 0.146. The number of fused-ring (bicyclic) bond motifs is 1. The molecule has 0 radical (unpaired) electrons. The van der Waals surface area contributed by atoms with Crippen LogP contribution in [0.3, 0.4) is 0 Å². The van der Waals surface area contributed by atoms with E-state index < -0.39 is 0 Å². The quantitative estimate of drug-likeness (QED) is 0.885. The monoisotopic (exact) mass is 249 g/mol. The molecule has 0 spiro atoms. The number of rotatable bonds is 3. The molecule has 4 nitrogen and oxygen atoms in total. The summed E-state index contributed by atoms with van der Waals surface area (Å²) < 4.78 is 2.21. The summed E-state index contributed by atoms with van der Waals surface area (Å²) in [6.45, 7) is 3.74. The van der Waals surface area contributed by atoms with Crippen molar-refractivity contribution in [1.29, 1.82) is 0 Å². The average molecular weight is 249 g/mol. The number of hydrogen-bond acceptors (Lipinski definition) is 3. The molecule has 0 amide bonds. The van der Waals surface area contributed by atoms with E-state index in [9.17, 15) is 5.11 Å². The van der Waals surface area contributed by atoms with Gasteiger partial charge in [0.1, 0.15) is 5.82 Å². The summed E-state index contributed by atoms with van der Waals surface area (Å²) in [7, 11) is 0. The Morgan fingerprint density at radius 2 is 2.11 bits per heavy atom. The van der Waals surface area contributed by atoms with Gasteiger partial charge in [-0.05, 0) is 18.8 Å². The molecule has 1 aliphatic carbocycles. The number of aliphatic hydroxyl groups is 1. The molecule has 100 valence electrons. The molecule has 1 N–H and O–H groups in total. The maximum Gasteiger partial charge on any atom is 0.122 e. The summed E-state index contributed by atoms with van der Waals surface area (Å²) >= 11 is 0. The molecule has 1 aromatic heterocycles. The van der Waals surface area contributed by atoms with Crippen molar-refractivity contribution in [3.63, 3.8) is 0 Å². The summed E-state index contributed by atoms with van der Waals surface area (Å²) in [5.74, 6) is 1.66. The van der Waals surface area contributed by atoms with E-state index in [0.29, 0.717) is 5.92 Å². The molecule has 0 aromatic carbocycles. The highest BCUT2D eigenvalue weighted by molar-refractivity contribution is 4.95. The zero-order valence-electron chi connectivity index (χ0n) is 11.0. The molecule has 4 heteroatoms. The lowest BCUT2D eigenvalue weighted by atomic mass is 9.85. The molecule has 0 bridgehead atoms. The van der Waals surface area contributed by atoms with Gasteiger partial charge in [0.2, 0.25) is 0 Å². The Bertz CT molecular complexity index is 384. The SMILES string of the molecule is OC(CN1CCn2ccnc2C1)C1CCCCC1. The molecular weight excluding hydrogens is 226 g/mol. The molecule has 0 saturated heterocycles. The van der Waals surface area contributed by atoms with E-state index in [1.165, 1.54) is 32.1 Å². The second-order valence-electron chi connectivity index (χ2n) is 5.74. The lowest BCUT2D eigenvalue weighted by Gasteiger charge is -2.33. The van der Waals surface area contributed by atoms with Crippen LogP contribution in [0.2, 0.25) is 0 Å². The maximum absolute atomic E-state index is 10.4. The van der Waals surface area contributed by atoms with Gasteiger partial charge in [-0.15, -0.1) is 0 Å². The molecule has 1 atom stereocenters. The zero-order valence-corrected chi connectivity index (χ0v) is 11.0. The normalized spacial score (nSPS) is 23.8. The van der Waals surface area contributed by atoms with Gasteiger partial charge in [-0.3, -0.25) is 4.90 Å². The number of imidazole rings is 1. The first kappa shape index (κ1) is 12.2. The van der Waals surface area contributed by atoms with E-state index in [0.717, 1.165) is 32.0 Å². The highest BCUT2D eigenvalue weighted by atomic mass is 16.3. The van der Waals surface area contributed by atoms with Crippen LogP contribution in [0.5, 0.6) is 0 Å². The van der Waals surface area contributed by atoms with Gasteiger partial charge in [0.25, 0.3) is 0 Å². The van der Waals surface area contributed by atoms with E-state index in [-0.39, 0.29) is 6.10 Å². The molecule has 2 aliphatic rings. The molecular formula is C14H23N3O. The molecule has 1 fully saturated rings. The molecule has 3 rings (SSSR count). The topological polar surface area (TPSA) is 41.3 Å². The Morgan fingerprint density at radius 3 is 2.94 bits per heavy atom. The van der Waals surface area contributed by atoms with Crippen molar-refractivity contribution >= 4 is 0 Å². The first-order chi connectivity index (χ1) is 8.83. The number of aromatic nitrogens is 2. The highest BCUT2D eigenvalue weighted by Crippen LogP contribution is 2.27. The second kappa shape index (κ2) is 5.41. The molecule has 1 unspecified atom stereocenters. The maximum atomic E-state index is 10.4. The highest BCUT2D eigenvalue weighted by Gasteiger charge is 2.25. The van der Waals surface area contributed by atoms with Gasteiger partial charge in [-0.2, -0.15) is 0 Å². The van der Waals surface area contributed by atoms with Gasteiger partial charge in [0, 0.05) is 32.0 Å². The van der Waals surface area contributed by atoms with Crippen molar-refractivity contribution in [2.45, 2.75) is 51.3 Å². The summed E-state index contributed by atoms with van der Waals surface area (Å²) in [5.41, 5.74) is 0. The largest absolute Gasteiger partial charge is 0.392 e. The summed E-state index contributed by atoms with van der Waals surface area (Å²) in [6, 6.07) is 0. The zero-order chi connectivity index (χ0) is 12.4. The Balaban J connectivity index is 1.54. The van der Waals surface area contributed by atoms with Crippen LogP contribution in [-0.4, -0.2) is 38.8 Å². The van der Waals surface area contributed by atoms with Crippen LogP contribution in [0.25, 0.3) is 0 Å². The predicted molar refractivity (Wildman–Crippen MR) is 70.1 cm³/mol. The number of nitrogens with zero attached hydrogens (tertiary/aromatic N) is 3. The minimum atomic E-state index is -0.146. The van der Waals surface area contributed by atoms with E-state index in [1.54, 1.807) is 0 Å². The van der Waals surface area contributed by atoms with Crippen molar-refractivity contribution in [1.82, 2.24) is 14.5 Å². The van der Waals surface area contributed by atoms with Crippen LogP contribution in [0.1, 0.15) is 37.9 Å². The lowest BCUT2D eigenvalue weighted by Crippen LogP contribution is -2.41. The third-order valence-electron chi connectivity index (χ3n) is 4.46. The van der Waals surface area contributed by atoms with E-state index in [4.69, 9.17) is 0 Å². The predicted octanol–water partition coefficient (Wildman–Crippen LogP) is 1.64. The van der Waals surface area contributed by atoms with Crippen LogP contribution in [0, 0.1) is 5.92 Å². The molecule has 2 heterocycles. The Hall–Kier alpha value is -0.870.